The second-order valence-corrected chi connectivity index (χ2v) is 7.35. The Bertz CT molecular complexity index is 647. The van der Waals surface area contributed by atoms with Gasteiger partial charge in [-0.2, -0.15) is 4.98 Å². The van der Waals surface area contributed by atoms with E-state index in [1.54, 1.807) is 0 Å². The maximum Gasteiger partial charge on any atom is 0.240 e. The van der Waals surface area contributed by atoms with Crippen LogP contribution >= 0.6 is 0 Å². The lowest BCUT2D eigenvalue weighted by Gasteiger charge is -2.45. The first-order chi connectivity index (χ1) is 12.1. The molecule has 2 unspecified atom stereocenters. The zero-order valence-corrected chi connectivity index (χ0v) is 15.4. The van der Waals surface area contributed by atoms with Gasteiger partial charge >= 0.3 is 0 Å². The fourth-order valence-corrected chi connectivity index (χ4v) is 4.27. The molecule has 6 heteroatoms. The van der Waals surface area contributed by atoms with Gasteiger partial charge in [0.15, 0.2) is 5.82 Å². The van der Waals surface area contributed by atoms with Crippen LogP contribution in [0.25, 0.3) is 0 Å². The van der Waals surface area contributed by atoms with Gasteiger partial charge in [-0.25, -0.2) is 0 Å². The summed E-state index contributed by atoms with van der Waals surface area (Å²) in [5.74, 6) is 2.38. The average molecular weight is 343 g/mol. The smallest absolute Gasteiger partial charge is 0.240 e. The van der Waals surface area contributed by atoms with Gasteiger partial charge < -0.3 is 10.3 Å². The van der Waals surface area contributed by atoms with Crippen LogP contribution in [0.1, 0.15) is 31.1 Å². The van der Waals surface area contributed by atoms with Crippen LogP contribution in [-0.2, 0) is 19.6 Å². The van der Waals surface area contributed by atoms with Gasteiger partial charge in [-0.3, -0.25) is 9.80 Å². The predicted molar refractivity (Wildman–Crippen MR) is 97.5 cm³/mol. The molecule has 2 atom stereocenters. The van der Waals surface area contributed by atoms with Crippen LogP contribution in [0.15, 0.2) is 34.9 Å². The van der Waals surface area contributed by atoms with Crippen molar-refractivity contribution in [1.82, 2.24) is 19.9 Å². The first kappa shape index (κ1) is 18.0. The molecule has 1 saturated heterocycles. The second kappa shape index (κ2) is 8.08. The van der Waals surface area contributed by atoms with Crippen LogP contribution in [0.3, 0.4) is 0 Å². The van der Waals surface area contributed by atoms with Crippen molar-refractivity contribution in [3.8, 4) is 0 Å². The number of benzene rings is 1. The fourth-order valence-electron chi connectivity index (χ4n) is 4.27. The summed E-state index contributed by atoms with van der Waals surface area (Å²) in [6, 6.07) is 11.2. The Labute approximate surface area is 150 Å². The third-order valence-corrected chi connectivity index (χ3v) is 5.09. The lowest BCUT2D eigenvalue weighted by Crippen LogP contribution is -2.53. The molecular formula is C19H29N5O. The highest BCUT2D eigenvalue weighted by molar-refractivity contribution is 5.14. The summed E-state index contributed by atoms with van der Waals surface area (Å²) in [6.07, 6.45) is 0. The van der Waals surface area contributed by atoms with E-state index >= 15 is 0 Å². The Morgan fingerprint density at radius 1 is 1.20 bits per heavy atom. The highest BCUT2D eigenvalue weighted by Crippen LogP contribution is 2.28. The molecule has 3 rings (SSSR count). The zero-order chi connectivity index (χ0) is 17.8. The van der Waals surface area contributed by atoms with Crippen LogP contribution in [0, 0.1) is 11.8 Å². The lowest BCUT2D eigenvalue weighted by atomic mass is 9.84. The van der Waals surface area contributed by atoms with Gasteiger partial charge in [-0.05, 0) is 24.4 Å². The Kier molecular flexibility index (Phi) is 5.83. The molecule has 1 aliphatic heterocycles. The van der Waals surface area contributed by atoms with Crippen molar-refractivity contribution in [2.24, 2.45) is 17.6 Å². The van der Waals surface area contributed by atoms with Crippen molar-refractivity contribution >= 4 is 0 Å². The Balaban J connectivity index is 1.59. The van der Waals surface area contributed by atoms with Crippen molar-refractivity contribution in [3.05, 3.63) is 47.6 Å². The summed E-state index contributed by atoms with van der Waals surface area (Å²) < 4.78 is 5.12. The largest absolute Gasteiger partial charge is 0.338 e. The average Bonchev–Trinajstić information content (AvgIpc) is 3.02. The highest BCUT2D eigenvalue weighted by Gasteiger charge is 2.34. The number of piperidine rings is 1. The van der Waals surface area contributed by atoms with Gasteiger partial charge in [0.2, 0.25) is 5.89 Å². The van der Waals surface area contributed by atoms with Gasteiger partial charge in [-0.1, -0.05) is 49.3 Å². The molecule has 0 radical (unpaired) electrons. The van der Waals surface area contributed by atoms with E-state index in [0.717, 1.165) is 19.6 Å². The first-order valence-electron chi connectivity index (χ1n) is 9.05. The van der Waals surface area contributed by atoms with Crippen LogP contribution in [0.4, 0.5) is 0 Å². The first-order valence-corrected chi connectivity index (χ1v) is 9.05. The monoisotopic (exact) mass is 343 g/mol. The van der Waals surface area contributed by atoms with Crippen molar-refractivity contribution in [3.63, 3.8) is 0 Å². The summed E-state index contributed by atoms with van der Waals surface area (Å²) in [5, 5.41) is 4.02. The minimum atomic E-state index is 0.293. The molecule has 136 valence electrons. The van der Waals surface area contributed by atoms with E-state index in [9.17, 15) is 0 Å². The van der Waals surface area contributed by atoms with Gasteiger partial charge in [0.05, 0.1) is 13.1 Å². The minimum absolute atomic E-state index is 0.293. The van der Waals surface area contributed by atoms with E-state index in [1.807, 2.05) is 0 Å². The molecule has 0 amide bonds. The zero-order valence-electron chi connectivity index (χ0n) is 15.4. The van der Waals surface area contributed by atoms with Crippen molar-refractivity contribution < 1.29 is 4.52 Å². The summed E-state index contributed by atoms with van der Waals surface area (Å²) in [7, 11) is 2.16. The van der Waals surface area contributed by atoms with Crippen molar-refractivity contribution in [1.29, 1.82) is 0 Å². The van der Waals surface area contributed by atoms with Crippen LogP contribution < -0.4 is 5.73 Å². The number of rotatable bonds is 6. The maximum atomic E-state index is 5.54. The number of aromatic nitrogens is 2. The summed E-state index contributed by atoms with van der Waals surface area (Å²) in [6.45, 7) is 8.91. The number of hydrogen-bond donors (Lipinski definition) is 1. The summed E-state index contributed by atoms with van der Waals surface area (Å²) in [5.41, 5.74) is 6.93. The maximum absolute atomic E-state index is 5.54. The molecule has 0 bridgehead atoms. The van der Waals surface area contributed by atoms with Crippen LogP contribution in [0.5, 0.6) is 0 Å². The van der Waals surface area contributed by atoms with E-state index in [1.165, 1.54) is 5.56 Å². The topological polar surface area (TPSA) is 71.4 Å². The van der Waals surface area contributed by atoms with E-state index in [4.69, 9.17) is 10.3 Å². The number of nitrogens with two attached hydrogens (primary N) is 1. The molecule has 1 aromatic heterocycles. The molecular weight excluding hydrogens is 314 g/mol. The molecule has 2 aromatic rings. The lowest BCUT2D eigenvalue weighted by molar-refractivity contribution is 0.0277. The molecule has 1 fully saturated rings. The summed E-state index contributed by atoms with van der Waals surface area (Å²) in [4.78, 5) is 9.26. The third kappa shape index (κ3) is 4.45. The van der Waals surface area contributed by atoms with Gasteiger partial charge in [0.1, 0.15) is 0 Å². The predicted octanol–water partition coefficient (Wildman–Crippen LogP) is 2.12. The van der Waals surface area contributed by atoms with Crippen LogP contribution in [0.2, 0.25) is 0 Å². The molecule has 1 aromatic carbocycles. The third-order valence-electron chi connectivity index (χ3n) is 5.09. The molecule has 0 spiro atoms. The molecule has 2 heterocycles. The minimum Gasteiger partial charge on any atom is -0.338 e. The molecule has 0 aliphatic carbocycles. The highest BCUT2D eigenvalue weighted by atomic mass is 16.5. The summed E-state index contributed by atoms with van der Waals surface area (Å²) >= 11 is 0. The Morgan fingerprint density at radius 2 is 1.88 bits per heavy atom. The number of hydrogen-bond acceptors (Lipinski definition) is 6. The second-order valence-electron chi connectivity index (χ2n) is 7.35. The van der Waals surface area contributed by atoms with Crippen LogP contribution in [-0.4, -0.2) is 46.1 Å². The van der Waals surface area contributed by atoms with E-state index < -0.39 is 0 Å². The normalized spacial score (nSPS) is 24.8. The quantitative estimate of drug-likeness (QED) is 0.866. The van der Waals surface area contributed by atoms with Gasteiger partial charge in [-0.15, -0.1) is 0 Å². The fraction of sp³-hybridized carbons (Fsp3) is 0.579. The Hall–Kier alpha value is -1.76. The standard InChI is InChI=1S/C19H29N5O/c1-14-10-24(12-16-7-5-4-6-8-16)11-15(2)19(14)23(3)13-17-21-18(9-20)25-22-17/h4-8,14-15,19H,9-13,20H2,1-3H3. The van der Waals surface area contributed by atoms with E-state index in [2.05, 4.69) is 71.2 Å². The van der Waals surface area contributed by atoms with E-state index in [0.29, 0.717) is 42.7 Å². The molecule has 1 aliphatic rings. The SMILES string of the molecule is CC1CN(Cc2ccccc2)CC(C)C1N(C)Cc1noc(CN)n1. The molecule has 25 heavy (non-hydrogen) atoms. The Morgan fingerprint density at radius 3 is 2.48 bits per heavy atom. The molecule has 2 N–H and O–H groups in total. The number of likely N-dealkylation sites (tertiary alicyclic amines) is 1. The van der Waals surface area contributed by atoms with Gasteiger partial charge in [0, 0.05) is 25.7 Å². The van der Waals surface area contributed by atoms with Crippen molar-refractivity contribution in [2.75, 3.05) is 20.1 Å². The molecule has 6 nitrogen and oxygen atoms in total. The number of nitrogens with zero attached hydrogens (tertiary/aromatic N) is 4. The molecule has 0 saturated carbocycles. The van der Waals surface area contributed by atoms with Crippen molar-refractivity contribution in [2.45, 2.75) is 39.5 Å². The van der Waals surface area contributed by atoms with Gasteiger partial charge in [0.25, 0.3) is 0 Å². The van der Waals surface area contributed by atoms with E-state index in [-0.39, 0.29) is 0 Å².